The molecule has 0 saturated carbocycles. The summed E-state index contributed by atoms with van der Waals surface area (Å²) in [6.07, 6.45) is 3.47. The number of hydrogen-bond acceptors (Lipinski definition) is 1. The smallest absolute Gasteiger partial charge is 0.0328 e. The van der Waals surface area contributed by atoms with E-state index in [-0.39, 0.29) is 0 Å². The lowest BCUT2D eigenvalue weighted by Gasteiger charge is -2.21. The normalized spacial score (nSPS) is 18.5. The van der Waals surface area contributed by atoms with Crippen molar-refractivity contribution < 1.29 is 0 Å². The van der Waals surface area contributed by atoms with Crippen LogP contribution in [-0.4, -0.2) is 6.04 Å². The molecule has 110 valence electrons. The van der Waals surface area contributed by atoms with Gasteiger partial charge in [-0.25, -0.2) is 0 Å². The highest BCUT2D eigenvalue weighted by Gasteiger charge is 2.24. The first-order chi connectivity index (χ1) is 10.1. The van der Waals surface area contributed by atoms with Gasteiger partial charge in [0.1, 0.15) is 0 Å². The summed E-state index contributed by atoms with van der Waals surface area (Å²) in [4.78, 5) is 0. The zero-order valence-electron chi connectivity index (χ0n) is 12.7. The number of nitrogens with one attached hydrogen (secondary N) is 1. The Bertz CT molecular complexity index is 635. The lowest BCUT2D eigenvalue weighted by atomic mass is 10.0. The van der Waals surface area contributed by atoms with Gasteiger partial charge in [0.05, 0.1) is 0 Å². The molecule has 0 fully saturated rings. The Balaban J connectivity index is 1.69. The minimum atomic E-state index is 0.487. The van der Waals surface area contributed by atoms with E-state index in [0.717, 1.165) is 6.42 Å². The van der Waals surface area contributed by atoms with Crippen LogP contribution in [0.3, 0.4) is 0 Å². The standard InChI is InChI=1S/C19H22BrN/c1-13-6-3-4-7-15(13)12-14(2)21-19-11-10-16-17(19)8-5-9-18(16)20/h3-9,14,19,21H,10-12H2,1-2H3. The average Bonchev–Trinajstić information content (AvgIpc) is 2.86. The second kappa shape index (κ2) is 6.33. The van der Waals surface area contributed by atoms with Crippen LogP contribution < -0.4 is 5.32 Å². The van der Waals surface area contributed by atoms with E-state index in [9.17, 15) is 0 Å². The SMILES string of the molecule is Cc1ccccc1CC(C)NC1CCc2c(Br)cccc21. The van der Waals surface area contributed by atoms with Crippen LogP contribution in [0.15, 0.2) is 46.9 Å². The van der Waals surface area contributed by atoms with Gasteiger partial charge in [0.15, 0.2) is 0 Å². The minimum Gasteiger partial charge on any atom is -0.307 e. The summed E-state index contributed by atoms with van der Waals surface area (Å²) in [5.41, 5.74) is 5.80. The average molecular weight is 344 g/mol. The number of rotatable bonds is 4. The molecule has 0 bridgehead atoms. The highest BCUT2D eigenvalue weighted by molar-refractivity contribution is 9.10. The molecule has 0 spiro atoms. The van der Waals surface area contributed by atoms with Crippen LogP contribution in [0.2, 0.25) is 0 Å². The largest absolute Gasteiger partial charge is 0.307 e. The first kappa shape index (κ1) is 14.8. The molecule has 1 aliphatic carbocycles. The van der Waals surface area contributed by atoms with E-state index in [4.69, 9.17) is 0 Å². The molecule has 3 rings (SSSR count). The predicted molar refractivity (Wildman–Crippen MR) is 92.7 cm³/mol. The van der Waals surface area contributed by atoms with Crippen LogP contribution in [0.1, 0.15) is 41.6 Å². The van der Waals surface area contributed by atoms with E-state index in [2.05, 4.69) is 77.6 Å². The van der Waals surface area contributed by atoms with Crippen LogP contribution >= 0.6 is 15.9 Å². The first-order valence-electron chi connectivity index (χ1n) is 7.73. The molecule has 2 aromatic rings. The molecule has 0 amide bonds. The summed E-state index contributed by atoms with van der Waals surface area (Å²) < 4.78 is 1.26. The van der Waals surface area contributed by atoms with Crippen LogP contribution in [0.4, 0.5) is 0 Å². The van der Waals surface area contributed by atoms with Crippen LogP contribution in [0.5, 0.6) is 0 Å². The number of hydrogen-bond donors (Lipinski definition) is 1. The first-order valence-corrected chi connectivity index (χ1v) is 8.52. The van der Waals surface area contributed by atoms with Crippen LogP contribution in [-0.2, 0) is 12.8 Å². The maximum atomic E-state index is 3.82. The lowest BCUT2D eigenvalue weighted by Crippen LogP contribution is -2.31. The fourth-order valence-corrected chi connectivity index (χ4v) is 3.93. The van der Waals surface area contributed by atoms with Crippen molar-refractivity contribution in [3.8, 4) is 0 Å². The molecule has 0 radical (unpaired) electrons. The zero-order chi connectivity index (χ0) is 14.8. The molecule has 1 N–H and O–H groups in total. The van der Waals surface area contributed by atoms with Gasteiger partial charge in [0, 0.05) is 16.6 Å². The quantitative estimate of drug-likeness (QED) is 0.826. The predicted octanol–water partition coefficient (Wildman–Crippen LogP) is 4.97. The summed E-state index contributed by atoms with van der Waals surface area (Å²) in [5.74, 6) is 0. The Kier molecular flexibility index (Phi) is 4.46. The van der Waals surface area contributed by atoms with E-state index < -0.39 is 0 Å². The monoisotopic (exact) mass is 343 g/mol. The van der Waals surface area contributed by atoms with Crippen molar-refractivity contribution in [3.63, 3.8) is 0 Å². The maximum absolute atomic E-state index is 3.82. The second-order valence-electron chi connectivity index (χ2n) is 6.10. The third kappa shape index (κ3) is 3.22. The molecule has 2 atom stereocenters. The van der Waals surface area contributed by atoms with Gasteiger partial charge >= 0.3 is 0 Å². The summed E-state index contributed by atoms with van der Waals surface area (Å²) >= 11 is 3.68. The minimum absolute atomic E-state index is 0.487. The summed E-state index contributed by atoms with van der Waals surface area (Å²) in [5, 5.41) is 3.82. The van der Waals surface area contributed by atoms with Gasteiger partial charge in [-0.1, -0.05) is 52.3 Å². The van der Waals surface area contributed by atoms with E-state index in [1.807, 2.05) is 0 Å². The molecule has 21 heavy (non-hydrogen) atoms. The molecule has 2 heteroatoms. The van der Waals surface area contributed by atoms with Gasteiger partial charge in [-0.15, -0.1) is 0 Å². The Morgan fingerprint density at radius 1 is 1.19 bits per heavy atom. The van der Waals surface area contributed by atoms with E-state index in [0.29, 0.717) is 12.1 Å². The van der Waals surface area contributed by atoms with Gasteiger partial charge in [0.2, 0.25) is 0 Å². The van der Waals surface area contributed by atoms with Crippen molar-refractivity contribution in [1.82, 2.24) is 5.32 Å². The molecule has 1 nitrogen and oxygen atoms in total. The van der Waals surface area contributed by atoms with Crippen molar-refractivity contribution >= 4 is 15.9 Å². The third-order valence-corrected chi connectivity index (χ3v) is 5.23. The van der Waals surface area contributed by atoms with Crippen molar-refractivity contribution in [3.05, 3.63) is 69.2 Å². The molecule has 2 unspecified atom stereocenters. The molecule has 0 saturated heterocycles. The molecule has 2 aromatic carbocycles. The van der Waals surface area contributed by atoms with Gasteiger partial charge in [0.25, 0.3) is 0 Å². The molecule has 1 aliphatic rings. The Morgan fingerprint density at radius 3 is 2.81 bits per heavy atom. The maximum Gasteiger partial charge on any atom is 0.0328 e. The summed E-state index contributed by atoms with van der Waals surface area (Å²) in [6.45, 7) is 4.49. The van der Waals surface area contributed by atoms with Gasteiger partial charge in [-0.2, -0.15) is 0 Å². The zero-order valence-corrected chi connectivity index (χ0v) is 14.3. The number of halogens is 1. The van der Waals surface area contributed by atoms with Gasteiger partial charge < -0.3 is 5.32 Å². The van der Waals surface area contributed by atoms with Crippen molar-refractivity contribution in [2.45, 2.75) is 45.2 Å². The van der Waals surface area contributed by atoms with Crippen LogP contribution in [0.25, 0.3) is 0 Å². The van der Waals surface area contributed by atoms with Crippen molar-refractivity contribution in [2.75, 3.05) is 0 Å². The van der Waals surface area contributed by atoms with Crippen molar-refractivity contribution in [2.24, 2.45) is 0 Å². The summed E-state index contributed by atoms with van der Waals surface area (Å²) in [6, 6.07) is 16.2. The number of benzene rings is 2. The third-order valence-electron chi connectivity index (χ3n) is 4.49. The highest BCUT2D eigenvalue weighted by Crippen LogP contribution is 2.35. The van der Waals surface area contributed by atoms with E-state index in [1.165, 1.54) is 39.6 Å². The number of fused-ring (bicyclic) bond motifs is 1. The lowest BCUT2D eigenvalue weighted by molar-refractivity contribution is 0.451. The van der Waals surface area contributed by atoms with Crippen molar-refractivity contribution in [1.29, 1.82) is 0 Å². The molecular formula is C19H22BrN. The fourth-order valence-electron chi connectivity index (χ4n) is 3.35. The Hall–Kier alpha value is -1.12. The molecular weight excluding hydrogens is 322 g/mol. The van der Waals surface area contributed by atoms with Gasteiger partial charge in [-0.05, 0) is 61.4 Å². The van der Waals surface area contributed by atoms with Gasteiger partial charge in [-0.3, -0.25) is 0 Å². The van der Waals surface area contributed by atoms with Crippen LogP contribution in [0, 0.1) is 6.92 Å². The number of aryl methyl sites for hydroxylation is 1. The molecule has 0 aromatic heterocycles. The van der Waals surface area contributed by atoms with E-state index >= 15 is 0 Å². The van der Waals surface area contributed by atoms with E-state index in [1.54, 1.807) is 0 Å². The molecule has 0 aliphatic heterocycles. The fraction of sp³-hybridized carbons (Fsp3) is 0.368. The summed E-state index contributed by atoms with van der Waals surface area (Å²) in [7, 11) is 0. The highest BCUT2D eigenvalue weighted by atomic mass is 79.9. The second-order valence-corrected chi connectivity index (χ2v) is 6.95. The Morgan fingerprint density at radius 2 is 2.00 bits per heavy atom. The topological polar surface area (TPSA) is 12.0 Å². The molecule has 0 heterocycles. The Labute approximate surface area is 135 Å².